The lowest BCUT2D eigenvalue weighted by Crippen LogP contribution is -2.46. The molecule has 4 aromatic rings. The van der Waals surface area contributed by atoms with E-state index in [1.165, 1.54) is 47.4 Å². The van der Waals surface area contributed by atoms with E-state index in [-0.39, 0.29) is 29.2 Å². The highest BCUT2D eigenvalue weighted by Gasteiger charge is 2.35. The van der Waals surface area contributed by atoms with Crippen LogP contribution in [0.2, 0.25) is 5.02 Å². The van der Waals surface area contributed by atoms with Crippen LogP contribution in [-0.2, 0) is 18.4 Å². The van der Waals surface area contributed by atoms with Gasteiger partial charge < -0.3 is 20.1 Å². The Hall–Kier alpha value is -4.62. The third-order valence-corrected chi connectivity index (χ3v) is 6.94. The topological polar surface area (TPSA) is 147 Å². The highest BCUT2D eigenvalue weighted by atomic mass is 35.5. The van der Waals surface area contributed by atoms with Gasteiger partial charge in [0, 0.05) is 30.8 Å². The molecular weight excluding hydrogens is 555 g/mol. The maximum Gasteiger partial charge on any atom is 0.255 e. The van der Waals surface area contributed by atoms with E-state index in [1.807, 2.05) is 0 Å². The molecule has 2 amide bonds. The number of nitrogens with one attached hydrogen (secondary N) is 2. The second kappa shape index (κ2) is 11.5. The molecule has 0 aliphatic carbocycles. The van der Waals surface area contributed by atoms with Gasteiger partial charge in [-0.25, -0.2) is 19.3 Å². The summed E-state index contributed by atoms with van der Waals surface area (Å²) >= 11 is 6.40. The minimum atomic E-state index is -0.898. The molecule has 3 N–H and O–H groups in total. The predicted molar refractivity (Wildman–Crippen MR) is 147 cm³/mol. The van der Waals surface area contributed by atoms with Crippen molar-refractivity contribution < 1.29 is 23.8 Å². The van der Waals surface area contributed by atoms with Crippen molar-refractivity contribution in [2.45, 2.75) is 25.6 Å². The Bertz CT molecular complexity index is 1630. The van der Waals surface area contributed by atoms with Crippen LogP contribution < -0.4 is 15.4 Å². The van der Waals surface area contributed by atoms with E-state index < -0.39 is 30.4 Å². The van der Waals surface area contributed by atoms with Crippen molar-refractivity contribution >= 4 is 35.3 Å². The lowest BCUT2D eigenvalue weighted by Gasteiger charge is -2.26. The third kappa shape index (κ3) is 5.81. The molecular formula is C27H26ClFN8O4. The lowest BCUT2D eigenvalue weighted by atomic mass is 10.0. The van der Waals surface area contributed by atoms with Gasteiger partial charge in [-0.2, -0.15) is 0 Å². The summed E-state index contributed by atoms with van der Waals surface area (Å²) in [6.45, 7) is 1.32. The Labute approximate surface area is 239 Å². The molecule has 0 bridgehead atoms. The van der Waals surface area contributed by atoms with E-state index in [1.54, 1.807) is 32.2 Å². The van der Waals surface area contributed by atoms with Crippen molar-refractivity contribution in [2.75, 3.05) is 19.0 Å². The molecule has 41 heavy (non-hydrogen) atoms. The first-order chi connectivity index (χ1) is 19.7. The normalized spacial score (nSPS) is 14.0. The first kappa shape index (κ1) is 27.9. The fourth-order valence-electron chi connectivity index (χ4n) is 4.48. The van der Waals surface area contributed by atoms with Crippen molar-refractivity contribution in [3.05, 3.63) is 76.5 Å². The fourth-order valence-corrected chi connectivity index (χ4v) is 4.68. The van der Waals surface area contributed by atoms with Gasteiger partial charge in [-0.1, -0.05) is 23.7 Å². The van der Waals surface area contributed by atoms with Gasteiger partial charge in [0.05, 0.1) is 36.7 Å². The maximum atomic E-state index is 14.0. The molecule has 5 rings (SSSR count). The number of amides is 2. The van der Waals surface area contributed by atoms with Crippen LogP contribution in [0.15, 0.2) is 48.9 Å². The summed E-state index contributed by atoms with van der Waals surface area (Å²) in [4.78, 5) is 40.7. The molecule has 12 nitrogen and oxygen atoms in total. The molecule has 14 heteroatoms. The summed E-state index contributed by atoms with van der Waals surface area (Å²) in [5.41, 5.74) is 2.46. The van der Waals surface area contributed by atoms with Crippen LogP contribution in [0.1, 0.15) is 34.5 Å². The average Bonchev–Trinajstić information content (AvgIpc) is 3.53. The second-order valence-electron chi connectivity index (χ2n) is 9.41. The number of hydrogen-bond donors (Lipinski definition) is 3. The minimum Gasteiger partial charge on any atom is -0.497 e. The number of rotatable bonds is 9. The minimum absolute atomic E-state index is 0.205. The number of benzene rings is 2. The number of nitrogens with zero attached hydrogens (tertiary/aromatic N) is 6. The van der Waals surface area contributed by atoms with E-state index in [0.717, 1.165) is 5.56 Å². The third-order valence-electron chi connectivity index (χ3n) is 6.66. The molecule has 1 aliphatic heterocycles. The number of anilines is 2. The SMILES string of the molecule is COc1cc(F)cc([C@@H](CO)NC(=O)[C@@H](C)N2Cc3ccc(-c4nc(Nc5ncn(C)n5)ncc4Cl)cc3C2=O)c1. The molecule has 0 saturated heterocycles. The summed E-state index contributed by atoms with van der Waals surface area (Å²) in [5, 5.41) is 19.9. The number of methoxy groups -OCH3 is 1. The number of aliphatic hydroxyl groups is 1. The zero-order valence-electron chi connectivity index (χ0n) is 22.3. The zero-order chi connectivity index (χ0) is 29.3. The monoisotopic (exact) mass is 580 g/mol. The highest BCUT2D eigenvalue weighted by Crippen LogP contribution is 2.32. The van der Waals surface area contributed by atoms with Crippen molar-refractivity contribution in [1.82, 2.24) is 34.9 Å². The first-order valence-corrected chi connectivity index (χ1v) is 12.9. The molecule has 0 radical (unpaired) electrons. The Balaban J connectivity index is 1.33. The smallest absolute Gasteiger partial charge is 0.255 e. The molecule has 2 aromatic carbocycles. The molecule has 2 aromatic heterocycles. The van der Waals surface area contributed by atoms with Gasteiger partial charge in [-0.3, -0.25) is 19.6 Å². The number of aryl methyl sites for hydroxylation is 1. The number of hydrogen-bond acceptors (Lipinski definition) is 9. The van der Waals surface area contributed by atoms with E-state index >= 15 is 0 Å². The van der Waals surface area contributed by atoms with Gasteiger partial charge in [0.2, 0.25) is 17.8 Å². The van der Waals surface area contributed by atoms with Gasteiger partial charge in [0.25, 0.3) is 5.91 Å². The van der Waals surface area contributed by atoms with Gasteiger partial charge in [-0.05, 0) is 36.2 Å². The largest absolute Gasteiger partial charge is 0.497 e. The van der Waals surface area contributed by atoms with E-state index in [4.69, 9.17) is 16.3 Å². The molecule has 0 spiro atoms. The van der Waals surface area contributed by atoms with Crippen LogP contribution in [-0.4, -0.2) is 66.3 Å². The van der Waals surface area contributed by atoms with Gasteiger partial charge in [0.1, 0.15) is 23.9 Å². The van der Waals surface area contributed by atoms with Crippen molar-refractivity contribution in [3.8, 4) is 17.0 Å². The number of aliphatic hydroxyl groups excluding tert-OH is 1. The van der Waals surface area contributed by atoms with E-state index in [0.29, 0.717) is 28.3 Å². The van der Waals surface area contributed by atoms with Gasteiger partial charge in [-0.15, -0.1) is 5.10 Å². The summed E-state index contributed by atoms with van der Waals surface area (Å²) in [6, 6.07) is 7.40. The second-order valence-corrected chi connectivity index (χ2v) is 9.81. The number of aromatic nitrogens is 5. The quantitative estimate of drug-likeness (QED) is 0.272. The number of halogens is 2. The summed E-state index contributed by atoms with van der Waals surface area (Å²) in [7, 11) is 3.12. The summed E-state index contributed by atoms with van der Waals surface area (Å²) in [5.74, 6) is -0.635. The van der Waals surface area contributed by atoms with Gasteiger partial charge >= 0.3 is 0 Å². The molecule has 3 heterocycles. The lowest BCUT2D eigenvalue weighted by molar-refractivity contribution is -0.126. The van der Waals surface area contributed by atoms with Crippen LogP contribution in [0.5, 0.6) is 5.75 Å². The highest BCUT2D eigenvalue weighted by molar-refractivity contribution is 6.33. The van der Waals surface area contributed by atoms with Crippen molar-refractivity contribution in [3.63, 3.8) is 0 Å². The average molecular weight is 581 g/mol. The van der Waals surface area contributed by atoms with Crippen LogP contribution in [0.25, 0.3) is 11.3 Å². The van der Waals surface area contributed by atoms with E-state index in [9.17, 15) is 19.1 Å². The molecule has 212 valence electrons. The Kier molecular flexibility index (Phi) is 7.81. The van der Waals surface area contributed by atoms with Crippen LogP contribution >= 0.6 is 11.6 Å². The summed E-state index contributed by atoms with van der Waals surface area (Å²) in [6.07, 6.45) is 2.97. The molecule has 1 aliphatic rings. The molecule has 0 fully saturated rings. The Morgan fingerprint density at radius 3 is 2.73 bits per heavy atom. The number of carbonyl (C=O) groups excluding carboxylic acids is 2. The Morgan fingerprint density at radius 2 is 2.02 bits per heavy atom. The zero-order valence-corrected chi connectivity index (χ0v) is 23.1. The first-order valence-electron chi connectivity index (χ1n) is 12.5. The maximum absolute atomic E-state index is 14.0. The molecule has 2 atom stereocenters. The van der Waals surface area contributed by atoms with Crippen molar-refractivity contribution in [1.29, 1.82) is 0 Å². The number of fused-ring (bicyclic) bond motifs is 1. The fraction of sp³-hybridized carbons (Fsp3) is 0.259. The summed E-state index contributed by atoms with van der Waals surface area (Å²) < 4.78 is 20.6. The van der Waals surface area contributed by atoms with Crippen LogP contribution in [0.3, 0.4) is 0 Å². The van der Waals surface area contributed by atoms with Crippen LogP contribution in [0, 0.1) is 5.82 Å². The standard InChI is InChI=1S/C27H26ClFN8O4/c1-14(24(39)32-22(12-38)17-6-18(29)9-19(7-17)41-3)37-11-16-5-4-15(8-20(16)25(37)40)23-21(28)10-30-26(33-23)34-27-31-13-36(2)35-27/h4-10,13-14,22,38H,11-12H2,1-3H3,(H,32,39)(H,30,33,34,35)/t14-,22-/m1/s1. The molecule has 0 saturated carbocycles. The van der Waals surface area contributed by atoms with Crippen LogP contribution in [0.4, 0.5) is 16.3 Å². The number of ether oxygens (including phenoxy) is 1. The van der Waals surface area contributed by atoms with Crippen molar-refractivity contribution in [2.24, 2.45) is 7.05 Å². The number of carbonyl (C=O) groups is 2. The van der Waals surface area contributed by atoms with E-state index in [2.05, 4.69) is 30.7 Å². The van der Waals surface area contributed by atoms with Gasteiger partial charge in [0.15, 0.2) is 0 Å². The molecule has 0 unspecified atom stereocenters. The predicted octanol–water partition coefficient (Wildman–Crippen LogP) is 3.01. The Morgan fingerprint density at radius 1 is 1.22 bits per heavy atom.